The topological polar surface area (TPSA) is 93.7 Å². The fourth-order valence-electron chi connectivity index (χ4n) is 1.78. The zero-order chi connectivity index (χ0) is 18.2. The summed E-state index contributed by atoms with van der Waals surface area (Å²) >= 11 is 0. The van der Waals surface area contributed by atoms with Crippen LogP contribution in [-0.2, 0) is 19.1 Å². The lowest BCUT2D eigenvalue weighted by atomic mass is 10.0. The molecule has 0 aliphatic rings. The number of rotatable bonds is 7. The number of hydrogen-bond acceptors (Lipinski definition) is 5. The van der Waals surface area contributed by atoms with Crippen molar-refractivity contribution < 1.29 is 23.9 Å². The Labute approximate surface area is 140 Å². The summed E-state index contributed by atoms with van der Waals surface area (Å²) in [6, 6.07) is -1.55. The molecule has 0 bridgehead atoms. The molecule has 0 radical (unpaired) electrons. The molecule has 0 aromatic rings. The lowest BCUT2D eigenvalue weighted by Crippen LogP contribution is -2.53. The summed E-state index contributed by atoms with van der Waals surface area (Å²) in [7, 11) is 3.64. The van der Waals surface area contributed by atoms with Gasteiger partial charge >= 0.3 is 12.1 Å². The molecule has 23 heavy (non-hydrogen) atoms. The SMILES string of the molecule is COC(=O)[C@H](CP)NC(=O)[C@H](CC(C)C)NC(=O)OC(C)(C)C. The summed E-state index contributed by atoms with van der Waals surface area (Å²) in [4.78, 5) is 35.8. The van der Waals surface area contributed by atoms with Gasteiger partial charge in [0.25, 0.3) is 0 Å². The van der Waals surface area contributed by atoms with Gasteiger partial charge in [-0.05, 0) is 39.3 Å². The molecule has 0 aromatic heterocycles. The van der Waals surface area contributed by atoms with Crippen molar-refractivity contribution in [1.29, 1.82) is 0 Å². The van der Waals surface area contributed by atoms with Gasteiger partial charge in [-0.3, -0.25) is 4.79 Å². The molecular formula is C15H29N2O5P. The molecule has 1 unspecified atom stereocenters. The number of methoxy groups -OCH3 is 1. The van der Waals surface area contributed by atoms with Gasteiger partial charge in [-0.1, -0.05) is 13.8 Å². The normalized spacial score (nSPS) is 13.9. The van der Waals surface area contributed by atoms with Crippen LogP contribution in [-0.4, -0.2) is 48.9 Å². The van der Waals surface area contributed by atoms with E-state index < -0.39 is 35.7 Å². The molecule has 0 spiro atoms. The monoisotopic (exact) mass is 348 g/mol. The highest BCUT2D eigenvalue weighted by atomic mass is 31.0. The molecule has 0 aliphatic heterocycles. The maximum absolute atomic E-state index is 12.4. The van der Waals surface area contributed by atoms with Gasteiger partial charge in [-0.25, -0.2) is 9.59 Å². The molecule has 0 aromatic carbocycles. The molecule has 0 aliphatic carbocycles. The predicted octanol–water partition coefficient (Wildman–Crippen LogP) is 1.46. The maximum Gasteiger partial charge on any atom is 0.408 e. The van der Waals surface area contributed by atoms with E-state index in [0.29, 0.717) is 12.6 Å². The largest absolute Gasteiger partial charge is 0.467 e. The van der Waals surface area contributed by atoms with Crippen molar-refractivity contribution in [1.82, 2.24) is 10.6 Å². The van der Waals surface area contributed by atoms with Crippen molar-refractivity contribution in [2.24, 2.45) is 5.92 Å². The number of nitrogens with one attached hydrogen (secondary N) is 2. The van der Waals surface area contributed by atoms with Crippen LogP contribution < -0.4 is 10.6 Å². The fourth-order valence-corrected chi connectivity index (χ4v) is 2.09. The first-order chi connectivity index (χ1) is 10.5. The molecule has 0 saturated heterocycles. The molecule has 0 heterocycles. The number of carbonyl (C=O) groups excluding carboxylic acids is 3. The van der Waals surface area contributed by atoms with Crippen molar-refractivity contribution >= 4 is 27.2 Å². The molecule has 3 atom stereocenters. The van der Waals surface area contributed by atoms with Crippen LogP contribution in [0.3, 0.4) is 0 Å². The Hall–Kier alpha value is -1.36. The minimum Gasteiger partial charge on any atom is -0.467 e. The van der Waals surface area contributed by atoms with E-state index in [1.54, 1.807) is 20.8 Å². The number of ether oxygens (including phenoxy) is 2. The Morgan fingerprint density at radius 2 is 1.65 bits per heavy atom. The van der Waals surface area contributed by atoms with Crippen molar-refractivity contribution in [3.63, 3.8) is 0 Å². The van der Waals surface area contributed by atoms with Crippen LogP contribution in [0.4, 0.5) is 4.79 Å². The van der Waals surface area contributed by atoms with Crippen LogP contribution in [0.25, 0.3) is 0 Å². The highest BCUT2D eigenvalue weighted by molar-refractivity contribution is 7.16. The highest BCUT2D eigenvalue weighted by Gasteiger charge is 2.28. The fraction of sp³-hybridized carbons (Fsp3) is 0.800. The average Bonchev–Trinajstić information content (AvgIpc) is 2.40. The number of hydrogen-bond donors (Lipinski definition) is 2. The van der Waals surface area contributed by atoms with Gasteiger partial charge in [0.2, 0.25) is 5.91 Å². The van der Waals surface area contributed by atoms with Gasteiger partial charge in [0, 0.05) is 0 Å². The summed E-state index contributed by atoms with van der Waals surface area (Å²) in [5.74, 6) is -0.801. The maximum atomic E-state index is 12.4. The molecule has 134 valence electrons. The van der Waals surface area contributed by atoms with E-state index in [4.69, 9.17) is 4.74 Å². The number of amides is 2. The van der Waals surface area contributed by atoms with E-state index in [9.17, 15) is 14.4 Å². The van der Waals surface area contributed by atoms with E-state index >= 15 is 0 Å². The van der Waals surface area contributed by atoms with Crippen LogP contribution in [0, 0.1) is 5.92 Å². The summed E-state index contributed by atoms with van der Waals surface area (Å²) < 4.78 is 9.81. The van der Waals surface area contributed by atoms with Crippen molar-refractivity contribution in [2.45, 2.75) is 58.7 Å². The third kappa shape index (κ3) is 9.39. The number of carbonyl (C=O) groups is 3. The summed E-state index contributed by atoms with van der Waals surface area (Å²) in [5.41, 5.74) is -0.655. The Morgan fingerprint density at radius 1 is 1.09 bits per heavy atom. The minimum atomic E-state index is -0.784. The van der Waals surface area contributed by atoms with E-state index in [0.717, 1.165) is 0 Å². The molecule has 8 heteroatoms. The van der Waals surface area contributed by atoms with Gasteiger partial charge in [0.15, 0.2) is 0 Å². The molecule has 0 saturated carbocycles. The highest BCUT2D eigenvalue weighted by Crippen LogP contribution is 2.10. The first-order valence-electron chi connectivity index (χ1n) is 7.58. The van der Waals surface area contributed by atoms with Gasteiger partial charge in [-0.2, -0.15) is 0 Å². The van der Waals surface area contributed by atoms with E-state index in [-0.39, 0.29) is 5.92 Å². The van der Waals surface area contributed by atoms with E-state index in [2.05, 4.69) is 24.6 Å². The van der Waals surface area contributed by atoms with Crippen LogP contribution in [0.2, 0.25) is 0 Å². The third-order valence-corrected chi connectivity index (χ3v) is 3.22. The Morgan fingerprint density at radius 3 is 2.04 bits per heavy atom. The van der Waals surface area contributed by atoms with Crippen LogP contribution >= 0.6 is 9.24 Å². The Bertz CT molecular complexity index is 421. The van der Waals surface area contributed by atoms with Crippen molar-refractivity contribution in [3.05, 3.63) is 0 Å². The lowest BCUT2D eigenvalue weighted by Gasteiger charge is -2.25. The first-order valence-corrected chi connectivity index (χ1v) is 8.39. The molecule has 2 amide bonds. The number of esters is 1. The van der Waals surface area contributed by atoms with Gasteiger partial charge in [0.1, 0.15) is 17.7 Å². The van der Waals surface area contributed by atoms with Crippen molar-refractivity contribution in [2.75, 3.05) is 13.3 Å². The molecule has 7 nitrogen and oxygen atoms in total. The quantitative estimate of drug-likeness (QED) is 0.537. The second-order valence-electron chi connectivity index (χ2n) is 6.65. The van der Waals surface area contributed by atoms with Crippen LogP contribution in [0.15, 0.2) is 0 Å². The van der Waals surface area contributed by atoms with Crippen LogP contribution in [0.1, 0.15) is 41.0 Å². The summed E-state index contributed by atoms with van der Waals surface area (Å²) in [5, 5.41) is 5.15. The Balaban J connectivity index is 4.91. The average molecular weight is 348 g/mol. The number of alkyl carbamates (subject to hydrolysis) is 1. The molecular weight excluding hydrogens is 319 g/mol. The van der Waals surface area contributed by atoms with Crippen LogP contribution in [0.5, 0.6) is 0 Å². The van der Waals surface area contributed by atoms with Crippen molar-refractivity contribution in [3.8, 4) is 0 Å². The van der Waals surface area contributed by atoms with Gasteiger partial charge in [-0.15, -0.1) is 9.24 Å². The summed E-state index contributed by atoms with van der Waals surface area (Å²) in [6.45, 7) is 9.10. The smallest absolute Gasteiger partial charge is 0.408 e. The molecule has 0 rings (SSSR count). The summed E-state index contributed by atoms with van der Waals surface area (Å²) in [6.07, 6.45) is 0.0773. The van der Waals surface area contributed by atoms with E-state index in [1.807, 2.05) is 13.8 Å². The standard InChI is InChI=1S/C15H29N2O5P/c1-9(2)7-10(17-14(20)22-15(3,4)5)12(18)16-11(8-23)13(19)21-6/h9-11H,7-8,23H2,1-6H3,(H,16,18)(H,17,20)/t10-,11-/m0/s1. The second kappa shape index (κ2) is 9.71. The Kier molecular flexibility index (Phi) is 9.13. The molecule has 2 N–H and O–H groups in total. The third-order valence-electron chi connectivity index (χ3n) is 2.75. The second-order valence-corrected chi connectivity index (χ2v) is 7.12. The van der Waals surface area contributed by atoms with Gasteiger partial charge in [0.05, 0.1) is 7.11 Å². The zero-order valence-corrected chi connectivity index (χ0v) is 15.9. The molecule has 0 fully saturated rings. The first kappa shape index (κ1) is 21.6. The van der Waals surface area contributed by atoms with E-state index in [1.165, 1.54) is 7.11 Å². The predicted molar refractivity (Wildman–Crippen MR) is 91.1 cm³/mol. The lowest BCUT2D eigenvalue weighted by molar-refractivity contribution is -0.144. The minimum absolute atomic E-state index is 0.174. The zero-order valence-electron chi connectivity index (χ0n) is 14.8. The van der Waals surface area contributed by atoms with Gasteiger partial charge < -0.3 is 20.1 Å².